The van der Waals surface area contributed by atoms with Crippen LogP contribution in [-0.4, -0.2) is 25.2 Å². The van der Waals surface area contributed by atoms with Crippen LogP contribution in [0.4, 0.5) is 5.69 Å². The summed E-state index contributed by atoms with van der Waals surface area (Å²) in [4.78, 5) is 14.3. The highest BCUT2D eigenvalue weighted by molar-refractivity contribution is 5.87. The number of hydrogen-bond donors (Lipinski definition) is 2. The van der Waals surface area contributed by atoms with Gasteiger partial charge in [0.15, 0.2) is 0 Å². The van der Waals surface area contributed by atoms with Gasteiger partial charge in [-0.15, -0.1) is 0 Å². The van der Waals surface area contributed by atoms with Crippen molar-refractivity contribution in [2.45, 2.75) is 13.5 Å². The molecule has 0 spiro atoms. The third kappa shape index (κ3) is 3.12. The number of esters is 1. The van der Waals surface area contributed by atoms with E-state index in [0.717, 1.165) is 22.7 Å². The second-order valence-electron chi connectivity index (χ2n) is 4.43. The molecule has 106 valence electrons. The molecule has 0 radical (unpaired) electrons. The Morgan fingerprint density at radius 3 is 2.70 bits per heavy atom. The zero-order valence-electron chi connectivity index (χ0n) is 11.8. The summed E-state index contributed by atoms with van der Waals surface area (Å²) < 4.78 is 9.87. The predicted molar refractivity (Wildman–Crippen MR) is 77.2 cm³/mol. The van der Waals surface area contributed by atoms with Crippen LogP contribution in [0, 0.1) is 6.92 Å². The molecular weight excluding hydrogens is 256 g/mol. The molecule has 5 nitrogen and oxygen atoms in total. The van der Waals surface area contributed by atoms with Crippen LogP contribution in [0.25, 0.3) is 0 Å². The molecule has 0 aliphatic carbocycles. The van der Waals surface area contributed by atoms with E-state index in [2.05, 4.69) is 15.0 Å². The molecule has 5 heteroatoms. The number of methoxy groups -OCH3 is 2. The summed E-state index contributed by atoms with van der Waals surface area (Å²) in [5.41, 5.74) is 3.44. The van der Waals surface area contributed by atoms with Crippen molar-refractivity contribution in [2.75, 3.05) is 19.5 Å². The molecule has 0 amide bonds. The van der Waals surface area contributed by atoms with E-state index in [1.807, 2.05) is 31.2 Å². The quantitative estimate of drug-likeness (QED) is 0.823. The average Bonchev–Trinajstić information content (AvgIpc) is 2.93. The Morgan fingerprint density at radius 1 is 1.25 bits per heavy atom. The zero-order valence-corrected chi connectivity index (χ0v) is 11.8. The number of ether oxygens (including phenoxy) is 2. The Bertz CT molecular complexity index is 605. The average molecular weight is 274 g/mol. The first-order valence-corrected chi connectivity index (χ1v) is 6.28. The van der Waals surface area contributed by atoms with E-state index >= 15 is 0 Å². The largest absolute Gasteiger partial charge is 0.496 e. The van der Waals surface area contributed by atoms with E-state index in [1.165, 1.54) is 7.11 Å². The van der Waals surface area contributed by atoms with Crippen molar-refractivity contribution < 1.29 is 14.3 Å². The molecule has 0 saturated carbocycles. The Labute approximate surface area is 117 Å². The minimum atomic E-state index is -0.364. The van der Waals surface area contributed by atoms with Crippen LogP contribution in [0.5, 0.6) is 5.75 Å². The summed E-state index contributed by atoms with van der Waals surface area (Å²) in [5, 5.41) is 3.28. The number of carbonyl (C=O) groups excluding carboxylic acids is 1. The Morgan fingerprint density at radius 2 is 2.05 bits per heavy atom. The topological polar surface area (TPSA) is 63.4 Å². The molecule has 2 rings (SSSR count). The first-order chi connectivity index (χ1) is 9.63. The molecule has 2 N–H and O–H groups in total. The lowest BCUT2D eigenvalue weighted by molar-refractivity contribution is 0.0594. The summed E-state index contributed by atoms with van der Waals surface area (Å²) in [6, 6.07) is 9.46. The number of benzene rings is 1. The first kappa shape index (κ1) is 14.0. The van der Waals surface area contributed by atoms with Crippen LogP contribution < -0.4 is 10.1 Å². The fourth-order valence-corrected chi connectivity index (χ4v) is 1.96. The fourth-order valence-electron chi connectivity index (χ4n) is 1.96. The third-order valence-corrected chi connectivity index (χ3v) is 3.03. The first-order valence-electron chi connectivity index (χ1n) is 6.28. The maximum atomic E-state index is 11.3. The molecule has 0 bridgehead atoms. The van der Waals surface area contributed by atoms with Gasteiger partial charge in [-0.1, -0.05) is 0 Å². The lowest BCUT2D eigenvalue weighted by Crippen LogP contribution is -2.04. The SMILES string of the molecule is COC(=O)c1ccc(CNc2ccc(OC)c(C)c2)[nH]1. The van der Waals surface area contributed by atoms with E-state index < -0.39 is 0 Å². The number of rotatable bonds is 5. The molecule has 0 saturated heterocycles. The number of hydrogen-bond acceptors (Lipinski definition) is 4. The normalized spacial score (nSPS) is 10.2. The molecule has 0 aliphatic rings. The van der Waals surface area contributed by atoms with Gasteiger partial charge in [0.05, 0.1) is 20.8 Å². The van der Waals surface area contributed by atoms with E-state index in [4.69, 9.17) is 4.74 Å². The van der Waals surface area contributed by atoms with Gasteiger partial charge in [-0.2, -0.15) is 0 Å². The van der Waals surface area contributed by atoms with Gasteiger partial charge in [-0.3, -0.25) is 0 Å². The van der Waals surface area contributed by atoms with Crippen molar-refractivity contribution in [3.8, 4) is 5.75 Å². The number of aryl methyl sites for hydroxylation is 1. The molecule has 1 aromatic carbocycles. The zero-order chi connectivity index (χ0) is 14.5. The standard InChI is InChI=1S/C15H18N2O3/c1-10-8-11(5-7-14(10)19-2)16-9-12-4-6-13(17-12)15(18)20-3/h4-8,16-17H,9H2,1-3H3. The number of H-pyrrole nitrogens is 1. The van der Waals surface area contributed by atoms with Crippen molar-refractivity contribution in [1.29, 1.82) is 0 Å². The molecular formula is C15H18N2O3. The van der Waals surface area contributed by atoms with Crippen LogP contribution in [0.3, 0.4) is 0 Å². The Balaban J connectivity index is 2.00. The maximum Gasteiger partial charge on any atom is 0.354 e. The highest BCUT2D eigenvalue weighted by Gasteiger charge is 2.07. The van der Waals surface area contributed by atoms with Gasteiger partial charge in [0.25, 0.3) is 0 Å². The second-order valence-corrected chi connectivity index (χ2v) is 4.43. The van der Waals surface area contributed by atoms with Crippen LogP contribution in [0.1, 0.15) is 21.7 Å². The molecule has 2 aromatic rings. The molecule has 20 heavy (non-hydrogen) atoms. The van der Waals surface area contributed by atoms with E-state index in [1.54, 1.807) is 13.2 Å². The fraction of sp³-hybridized carbons (Fsp3) is 0.267. The molecule has 0 unspecified atom stereocenters. The summed E-state index contributed by atoms with van der Waals surface area (Å²) in [6.45, 7) is 2.59. The van der Waals surface area contributed by atoms with Gasteiger partial charge in [0.2, 0.25) is 0 Å². The number of nitrogens with one attached hydrogen (secondary N) is 2. The van der Waals surface area contributed by atoms with Gasteiger partial charge in [-0.05, 0) is 42.8 Å². The predicted octanol–water partition coefficient (Wildman–Crippen LogP) is 2.73. The van der Waals surface area contributed by atoms with Crippen molar-refractivity contribution >= 4 is 11.7 Å². The molecule has 1 heterocycles. The Hall–Kier alpha value is -2.43. The monoisotopic (exact) mass is 274 g/mol. The maximum absolute atomic E-state index is 11.3. The van der Waals surface area contributed by atoms with Gasteiger partial charge in [0, 0.05) is 11.4 Å². The van der Waals surface area contributed by atoms with Crippen molar-refractivity contribution in [1.82, 2.24) is 4.98 Å². The van der Waals surface area contributed by atoms with Gasteiger partial charge >= 0.3 is 5.97 Å². The lowest BCUT2D eigenvalue weighted by atomic mass is 10.2. The third-order valence-electron chi connectivity index (χ3n) is 3.03. The van der Waals surface area contributed by atoms with Gasteiger partial charge < -0.3 is 19.8 Å². The van der Waals surface area contributed by atoms with E-state index in [0.29, 0.717) is 12.2 Å². The second kappa shape index (κ2) is 6.14. The van der Waals surface area contributed by atoms with E-state index in [-0.39, 0.29) is 5.97 Å². The van der Waals surface area contributed by atoms with Crippen molar-refractivity contribution in [2.24, 2.45) is 0 Å². The van der Waals surface area contributed by atoms with Gasteiger partial charge in [0.1, 0.15) is 11.4 Å². The number of aromatic amines is 1. The minimum absolute atomic E-state index is 0.364. The van der Waals surface area contributed by atoms with Crippen LogP contribution in [-0.2, 0) is 11.3 Å². The lowest BCUT2D eigenvalue weighted by Gasteiger charge is -2.09. The number of aromatic nitrogens is 1. The summed E-state index contributed by atoms with van der Waals surface area (Å²) in [6.07, 6.45) is 0. The smallest absolute Gasteiger partial charge is 0.354 e. The summed E-state index contributed by atoms with van der Waals surface area (Å²) in [7, 11) is 3.02. The van der Waals surface area contributed by atoms with Crippen molar-refractivity contribution in [3.63, 3.8) is 0 Å². The summed E-state index contributed by atoms with van der Waals surface area (Å²) >= 11 is 0. The number of carbonyl (C=O) groups is 1. The van der Waals surface area contributed by atoms with Crippen LogP contribution >= 0.6 is 0 Å². The minimum Gasteiger partial charge on any atom is -0.496 e. The molecule has 0 atom stereocenters. The number of anilines is 1. The molecule has 1 aromatic heterocycles. The van der Waals surface area contributed by atoms with E-state index in [9.17, 15) is 4.79 Å². The highest BCUT2D eigenvalue weighted by atomic mass is 16.5. The molecule has 0 fully saturated rings. The van der Waals surface area contributed by atoms with Gasteiger partial charge in [-0.25, -0.2) is 4.79 Å². The van der Waals surface area contributed by atoms with Crippen LogP contribution in [0.2, 0.25) is 0 Å². The Kier molecular flexibility index (Phi) is 4.30. The highest BCUT2D eigenvalue weighted by Crippen LogP contribution is 2.21. The van der Waals surface area contributed by atoms with Crippen LogP contribution in [0.15, 0.2) is 30.3 Å². The van der Waals surface area contributed by atoms with Crippen molar-refractivity contribution in [3.05, 3.63) is 47.3 Å². The molecule has 0 aliphatic heterocycles. The summed E-state index contributed by atoms with van der Waals surface area (Å²) in [5.74, 6) is 0.500.